The highest BCUT2D eigenvalue weighted by atomic mass is 32.1. The molecule has 4 heteroatoms. The second-order valence-corrected chi connectivity index (χ2v) is 5.49. The molecule has 0 aliphatic rings. The first-order valence-corrected chi connectivity index (χ1v) is 6.71. The standard InChI is InChI=1S/C14H15F2NS/c1-9(2)14(13-4-3-7-18-13)17-10-5-6-11(15)12(16)8-10/h3-9,14,17H,1-2H3. The number of nitrogens with one attached hydrogen (secondary N) is 1. The minimum atomic E-state index is -0.825. The molecule has 0 spiro atoms. The monoisotopic (exact) mass is 267 g/mol. The Hall–Kier alpha value is -1.42. The molecule has 1 heterocycles. The van der Waals surface area contributed by atoms with Crippen LogP contribution in [0.5, 0.6) is 0 Å². The molecule has 0 saturated heterocycles. The van der Waals surface area contributed by atoms with Crippen molar-refractivity contribution in [3.8, 4) is 0 Å². The average Bonchev–Trinajstić information content (AvgIpc) is 2.83. The topological polar surface area (TPSA) is 12.0 Å². The molecule has 0 radical (unpaired) electrons. The second kappa shape index (κ2) is 5.48. The number of hydrogen-bond acceptors (Lipinski definition) is 2. The lowest BCUT2D eigenvalue weighted by Crippen LogP contribution is -2.15. The summed E-state index contributed by atoms with van der Waals surface area (Å²) in [7, 11) is 0. The third-order valence-electron chi connectivity index (χ3n) is 2.76. The Balaban J connectivity index is 2.21. The minimum Gasteiger partial charge on any atom is -0.377 e. The molecule has 96 valence electrons. The first-order chi connectivity index (χ1) is 8.58. The van der Waals surface area contributed by atoms with Gasteiger partial charge < -0.3 is 5.32 Å². The fourth-order valence-corrected chi connectivity index (χ4v) is 2.75. The van der Waals surface area contributed by atoms with Gasteiger partial charge in [0.2, 0.25) is 0 Å². The molecule has 0 aliphatic heterocycles. The zero-order chi connectivity index (χ0) is 13.1. The highest BCUT2D eigenvalue weighted by Gasteiger charge is 2.17. The molecular formula is C14H15F2NS. The van der Waals surface area contributed by atoms with Crippen molar-refractivity contribution in [1.82, 2.24) is 0 Å². The first-order valence-electron chi connectivity index (χ1n) is 5.83. The van der Waals surface area contributed by atoms with Crippen molar-refractivity contribution in [1.29, 1.82) is 0 Å². The SMILES string of the molecule is CC(C)C(Nc1ccc(F)c(F)c1)c1cccs1. The highest BCUT2D eigenvalue weighted by molar-refractivity contribution is 7.10. The van der Waals surface area contributed by atoms with Crippen LogP contribution in [-0.2, 0) is 0 Å². The van der Waals surface area contributed by atoms with Gasteiger partial charge in [-0.1, -0.05) is 19.9 Å². The van der Waals surface area contributed by atoms with E-state index >= 15 is 0 Å². The maximum Gasteiger partial charge on any atom is 0.160 e. The molecule has 1 atom stereocenters. The molecule has 2 rings (SSSR count). The fraction of sp³-hybridized carbons (Fsp3) is 0.286. The molecular weight excluding hydrogens is 252 g/mol. The molecule has 0 fully saturated rings. The summed E-state index contributed by atoms with van der Waals surface area (Å²) < 4.78 is 26.0. The summed E-state index contributed by atoms with van der Waals surface area (Å²) in [4.78, 5) is 1.19. The normalized spacial score (nSPS) is 12.7. The van der Waals surface area contributed by atoms with Crippen molar-refractivity contribution in [2.75, 3.05) is 5.32 Å². The zero-order valence-corrected chi connectivity index (χ0v) is 11.1. The van der Waals surface area contributed by atoms with E-state index in [-0.39, 0.29) is 6.04 Å². The lowest BCUT2D eigenvalue weighted by Gasteiger charge is -2.22. The smallest absolute Gasteiger partial charge is 0.160 e. The summed E-state index contributed by atoms with van der Waals surface area (Å²) in [5.41, 5.74) is 0.598. The van der Waals surface area contributed by atoms with Crippen molar-refractivity contribution in [3.05, 3.63) is 52.2 Å². The van der Waals surface area contributed by atoms with Crippen molar-refractivity contribution in [2.24, 2.45) is 5.92 Å². The largest absolute Gasteiger partial charge is 0.377 e. The van der Waals surface area contributed by atoms with Gasteiger partial charge in [-0.2, -0.15) is 0 Å². The molecule has 18 heavy (non-hydrogen) atoms. The average molecular weight is 267 g/mol. The molecule has 0 aliphatic carbocycles. The predicted molar refractivity (Wildman–Crippen MR) is 71.9 cm³/mol. The molecule has 1 nitrogen and oxygen atoms in total. The Morgan fingerprint density at radius 1 is 1.11 bits per heavy atom. The third-order valence-corrected chi connectivity index (χ3v) is 3.71. The quantitative estimate of drug-likeness (QED) is 0.836. The van der Waals surface area contributed by atoms with E-state index in [1.165, 1.54) is 10.9 Å². The molecule has 0 amide bonds. The van der Waals surface area contributed by atoms with Gasteiger partial charge in [0.05, 0.1) is 6.04 Å². The highest BCUT2D eigenvalue weighted by Crippen LogP contribution is 2.30. The van der Waals surface area contributed by atoms with E-state index in [4.69, 9.17) is 0 Å². The summed E-state index contributed by atoms with van der Waals surface area (Å²) in [6.07, 6.45) is 0. The molecule has 1 N–H and O–H groups in total. The molecule has 2 aromatic rings. The van der Waals surface area contributed by atoms with E-state index < -0.39 is 11.6 Å². The van der Waals surface area contributed by atoms with Crippen LogP contribution in [0.1, 0.15) is 24.8 Å². The Morgan fingerprint density at radius 3 is 2.44 bits per heavy atom. The van der Waals surface area contributed by atoms with Crippen molar-refractivity contribution in [3.63, 3.8) is 0 Å². The van der Waals surface area contributed by atoms with Gasteiger partial charge in [-0.05, 0) is 29.5 Å². The number of thiophene rings is 1. The number of rotatable bonds is 4. The van der Waals surface area contributed by atoms with Crippen LogP contribution in [0, 0.1) is 17.6 Å². The number of hydrogen-bond donors (Lipinski definition) is 1. The first kappa shape index (κ1) is 13.0. The molecule has 0 saturated carbocycles. The maximum atomic E-state index is 13.2. The Morgan fingerprint density at radius 2 is 1.89 bits per heavy atom. The Bertz CT molecular complexity index is 509. The van der Waals surface area contributed by atoms with Gasteiger partial charge in [0.25, 0.3) is 0 Å². The predicted octanol–water partition coefficient (Wildman–Crippen LogP) is 4.84. The fourth-order valence-electron chi connectivity index (χ4n) is 1.80. The van der Waals surface area contributed by atoms with Crippen LogP contribution in [0.3, 0.4) is 0 Å². The van der Waals surface area contributed by atoms with E-state index in [0.717, 1.165) is 6.07 Å². The van der Waals surface area contributed by atoms with Crippen LogP contribution < -0.4 is 5.32 Å². The van der Waals surface area contributed by atoms with Gasteiger partial charge in [-0.3, -0.25) is 0 Å². The molecule has 1 aromatic carbocycles. The zero-order valence-electron chi connectivity index (χ0n) is 10.3. The van der Waals surface area contributed by atoms with Crippen LogP contribution >= 0.6 is 11.3 Å². The third kappa shape index (κ3) is 2.88. The van der Waals surface area contributed by atoms with Crippen LogP contribution in [0.4, 0.5) is 14.5 Å². The summed E-state index contributed by atoms with van der Waals surface area (Å²) in [5.74, 6) is -1.29. The van der Waals surface area contributed by atoms with E-state index in [1.54, 1.807) is 17.4 Å². The van der Waals surface area contributed by atoms with Crippen LogP contribution in [0.2, 0.25) is 0 Å². The van der Waals surface area contributed by atoms with E-state index in [1.807, 2.05) is 17.5 Å². The van der Waals surface area contributed by atoms with E-state index in [9.17, 15) is 8.78 Å². The van der Waals surface area contributed by atoms with Gasteiger partial charge in [0, 0.05) is 16.6 Å². The molecule has 1 aromatic heterocycles. The summed E-state index contributed by atoms with van der Waals surface area (Å²) in [6, 6.07) is 8.03. The minimum absolute atomic E-state index is 0.106. The second-order valence-electron chi connectivity index (χ2n) is 4.51. The summed E-state index contributed by atoms with van der Waals surface area (Å²) in [6.45, 7) is 4.19. The number of benzene rings is 1. The van der Waals surface area contributed by atoms with Crippen molar-refractivity contribution in [2.45, 2.75) is 19.9 Å². The number of anilines is 1. The Labute approximate surface area is 109 Å². The summed E-state index contributed by atoms with van der Waals surface area (Å²) in [5, 5.41) is 5.26. The van der Waals surface area contributed by atoms with E-state index in [2.05, 4.69) is 19.2 Å². The Kier molecular flexibility index (Phi) is 3.97. The van der Waals surface area contributed by atoms with Gasteiger partial charge >= 0.3 is 0 Å². The van der Waals surface area contributed by atoms with Crippen molar-refractivity contribution >= 4 is 17.0 Å². The van der Waals surface area contributed by atoms with E-state index in [0.29, 0.717) is 11.6 Å². The molecule has 0 bridgehead atoms. The van der Waals surface area contributed by atoms with Gasteiger partial charge in [-0.25, -0.2) is 8.78 Å². The van der Waals surface area contributed by atoms with Crippen LogP contribution in [0.25, 0.3) is 0 Å². The van der Waals surface area contributed by atoms with Crippen LogP contribution in [0.15, 0.2) is 35.7 Å². The van der Waals surface area contributed by atoms with Gasteiger partial charge in [0.15, 0.2) is 11.6 Å². The number of halogens is 2. The van der Waals surface area contributed by atoms with Crippen molar-refractivity contribution < 1.29 is 8.78 Å². The molecule has 1 unspecified atom stereocenters. The lowest BCUT2D eigenvalue weighted by molar-refractivity contribution is 0.507. The maximum absolute atomic E-state index is 13.2. The lowest BCUT2D eigenvalue weighted by atomic mass is 10.0. The van der Waals surface area contributed by atoms with Crippen LogP contribution in [-0.4, -0.2) is 0 Å². The van der Waals surface area contributed by atoms with Gasteiger partial charge in [0.1, 0.15) is 0 Å². The van der Waals surface area contributed by atoms with Gasteiger partial charge in [-0.15, -0.1) is 11.3 Å². The summed E-state index contributed by atoms with van der Waals surface area (Å²) >= 11 is 1.66.